The quantitative estimate of drug-likeness (QED) is 0.190. The van der Waals surface area contributed by atoms with Crippen LogP contribution in [0, 0.1) is 56.7 Å². The van der Waals surface area contributed by atoms with Gasteiger partial charge in [0.05, 0.1) is 11.0 Å². The summed E-state index contributed by atoms with van der Waals surface area (Å²) in [6.07, 6.45) is 23.7. The van der Waals surface area contributed by atoms with Gasteiger partial charge in [0.25, 0.3) is 0 Å². The van der Waals surface area contributed by atoms with Crippen molar-refractivity contribution in [1.29, 1.82) is 0 Å². The lowest BCUT2D eigenvalue weighted by Gasteiger charge is -2.72. The van der Waals surface area contributed by atoms with Crippen LogP contribution in [0.25, 0.3) is 0 Å². The van der Waals surface area contributed by atoms with Gasteiger partial charge >= 0.3 is 5.97 Å². The number of hydrogen-bond donors (Lipinski definition) is 3. The number of carboxylic acids is 1. The largest absolute Gasteiger partial charge is 0.481 e. The third kappa shape index (κ3) is 5.94. The van der Waals surface area contributed by atoms with E-state index in [1.807, 2.05) is 13.8 Å². The van der Waals surface area contributed by atoms with Gasteiger partial charge in [-0.15, -0.1) is 0 Å². The van der Waals surface area contributed by atoms with Gasteiger partial charge in [-0.2, -0.15) is 0 Å². The highest BCUT2D eigenvalue weighted by atomic mass is 19.1. The van der Waals surface area contributed by atoms with Crippen LogP contribution in [0.15, 0.2) is 23.3 Å². The van der Waals surface area contributed by atoms with Gasteiger partial charge in [-0.05, 0) is 173 Å². The van der Waals surface area contributed by atoms with Crippen LogP contribution in [0.2, 0.25) is 0 Å². The van der Waals surface area contributed by atoms with Crippen LogP contribution in [0.5, 0.6) is 0 Å². The summed E-state index contributed by atoms with van der Waals surface area (Å²) in [6, 6.07) is 0. The minimum Gasteiger partial charge on any atom is -0.481 e. The zero-order valence-corrected chi connectivity index (χ0v) is 32.7. The number of rotatable bonds is 11. The molecule has 278 valence electrons. The van der Waals surface area contributed by atoms with Crippen molar-refractivity contribution in [1.82, 2.24) is 5.32 Å². The normalized spacial score (nSPS) is 44.6. The van der Waals surface area contributed by atoms with Gasteiger partial charge in [0.2, 0.25) is 0 Å². The Morgan fingerprint density at radius 1 is 0.918 bits per heavy atom. The summed E-state index contributed by atoms with van der Waals surface area (Å²) in [6.45, 7) is 19.6. The summed E-state index contributed by atoms with van der Waals surface area (Å²) in [4.78, 5) is 12.0. The van der Waals surface area contributed by atoms with E-state index < -0.39 is 23.7 Å². The van der Waals surface area contributed by atoms with Gasteiger partial charge in [-0.3, -0.25) is 4.79 Å². The van der Waals surface area contributed by atoms with E-state index in [0.717, 1.165) is 43.6 Å². The molecule has 0 spiro atoms. The predicted molar refractivity (Wildman–Crippen MR) is 199 cm³/mol. The van der Waals surface area contributed by atoms with Crippen molar-refractivity contribution >= 4 is 5.97 Å². The van der Waals surface area contributed by atoms with Gasteiger partial charge in [-0.25, -0.2) is 4.39 Å². The van der Waals surface area contributed by atoms with E-state index in [4.69, 9.17) is 0 Å². The molecule has 6 aliphatic carbocycles. The second-order valence-electron chi connectivity index (χ2n) is 20.3. The van der Waals surface area contributed by atoms with E-state index in [1.54, 1.807) is 0 Å². The highest BCUT2D eigenvalue weighted by molar-refractivity contribution is 5.75. The number of allylic oxidation sites excluding steroid dienone is 4. The van der Waals surface area contributed by atoms with Crippen molar-refractivity contribution < 1.29 is 19.4 Å². The molecule has 4 saturated carbocycles. The van der Waals surface area contributed by atoms with Crippen LogP contribution in [0.1, 0.15) is 165 Å². The highest BCUT2D eigenvalue weighted by Crippen LogP contribution is 2.76. The Hall–Kier alpha value is -1.20. The van der Waals surface area contributed by atoms with Crippen LogP contribution >= 0.6 is 0 Å². The standard InChI is InChI=1S/C44H72FNO3/c1-9-10-12-31-17-25-44(46-28-11-20-38(2,3)49)27-26-41(7)33(36(31)44)13-14-35-40(6)21-18-32(39(4,5)34(40)19-22-42(35,41)8)30-15-23-43(29-45,24-16-30)37(47)48/h15,18,31,33-36,46,49H,9-14,16-17,19-29H2,1-8H3,(H,47,48). The van der Waals surface area contributed by atoms with Gasteiger partial charge in [0, 0.05) is 5.54 Å². The zero-order chi connectivity index (χ0) is 35.7. The van der Waals surface area contributed by atoms with Gasteiger partial charge in [-0.1, -0.05) is 73.0 Å². The molecule has 0 heterocycles. The van der Waals surface area contributed by atoms with Crippen molar-refractivity contribution in [2.45, 2.75) is 176 Å². The summed E-state index contributed by atoms with van der Waals surface area (Å²) in [5, 5.41) is 24.5. The van der Waals surface area contributed by atoms with Crippen molar-refractivity contribution in [3.63, 3.8) is 0 Å². The molecule has 10 atom stereocenters. The van der Waals surface area contributed by atoms with Crippen LogP contribution < -0.4 is 5.32 Å². The van der Waals surface area contributed by atoms with Gasteiger partial charge in [0.1, 0.15) is 6.67 Å². The maximum absolute atomic E-state index is 14.0. The summed E-state index contributed by atoms with van der Waals surface area (Å²) in [5.41, 5.74) is 2.08. The van der Waals surface area contributed by atoms with E-state index in [2.05, 4.69) is 59.0 Å². The lowest BCUT2D eigenvalue weighted by Crippen LogP contribution is -2.68. The molecule has 3 N–H and O–H groups in total. The summed E-state index contributed by atoms with van der Waals surface area (Å²) in [5.74, 6) is 2.67. The number of hydrogen-bond acceptors (Lipinski definition) is 3. The van der Waals surface area contributed by atoms with E-state index in [1.165, 1.54) is 81.8 Å². The molecule has 0 aromatic rings. The number of carboxylic acid groups (broad SMARTS) is 1. The van der Waals surface area contributed by atoms with Crippen LogP contribution in [-0.2, 0) is 4.79 Å². The molecule has 0 amide bonds. The van der Waals surface area contributed by atoms with Crippen molar-refractivity contribution in [3.8, 4) is 0 Å². The van der Waals surface area contributed by atoms with Gasteiger partial charge < -0.3 is 15.5 Å². The van der Waals surface area contributed by atoms with Crippen LogP contribution in [0.4, 0.5) is 4.39 Å². The third-order valence-corrected chi connectivity index (χ3v) is 17.2. The lowest BCUT2D eigenvalue weighted by molar-refractivity contribution is -0.222. The summed E-state index contributed by atoms with van der Waals surface area (Å²) < 4.78 is 14.0. The molecular formula is C44H72FNO3. The minimum absolute atomic E-state index is 0.0162. The first-order chi connectivity index (χ1) is 22.9. The molecule has 10 unspecified atom stereocenters. The second kappa shape index (κ2) is 13.0. The Bertz CT molecular complexity index is 1310. The van der Waals surface area contributed by atoms with E-state index in [-0.39, 0.29) is 16.4 Å². The molecule has 0 saturated heterocycles. The number of unbranched alkanes of at least 4 members (excludes halogenated alkanes) is 1. The predicted octanol–water partition coefficient (Wildman–Crippen LogP) is 10.8. The molecule has 0 aliphatic heterocycles. The number of halogens is 1. The number of fused-ring (bicyclic) bond motifs is 7. The molecule has 6 rings (SSSR count). The monoisotopic (exact) mass is 682 g/mol. The Kier molecular flexibility index (Phi) is 9.99. The number of alkyl halides is 1. The molecule has 49 heavy (non-hydrogen) atoms. The zero-order valence-electron chi connectivity index (χ0n) is 32.7. The first-order valence-corrected chi connectivity index (χ1v) is 20.6. The Morgan fingerprint density at radius 2 is 1.67 bits per heavy atom. The molecule has 4 nitrogen and oxygen atoms in total. The molecule has 4 fully saturated rings. The highest BCUT2D eigenvalue weighted by Gasteiger charge is 2.70. The Morgan fingerprint density at radius 3 is 2.31 bits per heavy atom. The maximum Gasteiger partial charge on any atom is 0.312 e. The molecule has 6 aliphatic rings. The van der Waals surface area contributed by atoms with Crippen LogP contribution in [0.3, 0.4) is 0 Å². The topological polar surface area (TPSA) is 69.6 Å². The second-order valence-corrected chi connectivity index (χ2v) is 20.3. The Balaban J connectivity index is 1.27. The Labute approximate surface area is 298 Å². The first-order valence-electron chi connectivity index (χ1n) is 20.6. The molecular weight excluding hydrogens is 609 g/mol. The lowest BCUT2D eigenvalue weighted by atomic mass is 9.33. The van der Waals surface area contributed by atoms with Crippen LogP contribution in [-0.4, -0.2) is 40.5 Å². The average Bonchev–Trinajstić information content (AvgIpc) is 3.40. The molecule has 0 aromatic carbocycles. The maximum atomic E-state index is 14.0. The molecule has 0 bridgehead atoms. The molecule has 0 radical (unpaired) electrons. The van der Waals surface area contributed by atoms with Crippen molar-refractivity contribution in [2.75, 3.05) is 13.2 Å². The third-order valence-electron chi connectivity index (χ3n) is 17.2. The fourth-order valence-corrected chi connectivity index (χ4v) is 14.4. The summed E-state index contributed by atoms with van der Waals surface area (Å²) in [7, 11) is 0. The number of carbonyl (C=O) groups is 1. The number of nitrogens with one attached hydrogen (secondary N) is 1. The van der Waals surface area contributed by atoms with E-state index in [0.29, 0.717) is 41.9 Å². The fraction of sp³-hybridized carbons (Fsp3) is 0.886. The van der Waals surface area contributed by atoms with E-state index >= 15 is 0 Å². The molecule has 5 heteroatoms. The molecule has 0 aromatic heterocycles. The van der Waals surface area contributed by atoms with Gasteiger partial charge in [0.15, 0.2) is 0 Å². The summed E-state index contributed by atoms with van der Waals surface area (Å²) >= 11 is 0. The number of aliphatic hydroxyl groups is 1. The van der Waals surface area contributed by atoms with Crippen molar-refractivity contribution in [2.24, 2.45) is 56.7 Å². The van der Waals surface area contributed by atoms with E-state index in [9.17, 15) is 19.4 Å². The fourth-order valence-electron chi connectivity index (χ4n) is 14.4. The number of aliphatic carboxylic acids is 1. The smallest absolute Gasteiger partial charge is 0.312 e. The average molecular weight is 682 g/mol. The minimum atomic E-state index is -1.24. The first kappa shape index (κ1) is 37.6. The SMILES string of the molecule is CCCCC1CCC2(NCCCC(C)(C)O)CCC3(C)C(CCC4C5(C)CC=C(C6=CCC(CF)(C(=O)O)CC6)C(C)(C)C5CCC43C)C12. The van der Waals surface area contributed by atoms with Crippen molar-refractivity contribution in [3.05, 3.63) is 23.3 Å².